The van der Waals surface area contributed by atoms with E-state index in [2.05, 4.69) is 10.3 Å². The van der Waals surface area contributed by atoms with E-state index in [-0.39, 0.29) is 28.5 Å². The second kappa shape index (κ2) is 7.74. The van der Waals surface area contributed by atoms with E-state index < -0.39 is 12.6 Å². The summed E-state index contributed by atoms with van der Waals surface area (Å²) in [5, 5.41) is 2.71. The van der Waals surface area contributed by atoms with E-state index in [4.69, 9.17) is 0 Å². The van der Waals surface area contributed by atoms with Crippen LogP contribution in [0.2, 0.25) is 0 Å². The van der Waals surface area contributed by atoms with E-state index in [1.54, 1.807) is 24.3 Å². The van der Waals surface area contributed by atoms with Crippen molar-refractivity contribution < 1.29 is 18.4 Å². The van der Waals surface area contributed by atoms with E-state index in [1.165, 1.54) is 6.92 Å². The molecule has 0 radical (unpaired) electrons. The number of hydrogen-bond acceptors (Lipinski definition) is 4. The Bertz CT molecular complexity index is 746. The number of carbonyl (C=O) groups is 2. The Morgan fingerprint density at radius 2 is 1.96 bits per heavy atom. The maximum atomic E-state index is 13.3. The van der Waals surface area contributed by atoms with Gasteiger partial charge in [-0.3, -0.25) is 14.2 Å². The van der Waals surface area contributed by atoms with Gasteiger partial charge in [0.1, 0.15) is 0 Å². The number of fused-ring (bicyclic) bond motifs is 1. The lowest BCUT2D eigenvalue weighted by atomic mass is 10.0. The fourth-order valence-electron chi connectivity index (χ4n) is 2.40. The van der Waals surface area contributed by atoms with Crippen LogP contribution in [-0.4, -0.2) is 33.0 Å². The lowest BCUT2D eigenvalue weighted by molar-refractivity contribution is -0.126. The second-order valence-corrected chi connectivity index (χ2v) is 6.66. The molecule has 0 bridgehead atoms. The number of aromatic nitrogens is 2. The predicted molar refractivity (Wildman–Crippen MR) is 89.2 cm³/mol. The minimum atomic E-state index is -2.75. The molecule has 0 spiro atoms. The molecule has 0 aliphatic rings. The molecule has 1 atom stereocenters. The molecule has 1 heterocycles. The molecule has 8 heteroatoms. The third kappa shape index (κ3) is 4.11. The van der Waals surface area contributed by atoms with Crippen LogP contribution in [0.4, 0.5) is 8.78 Å². The summed E-state index contributed by atoms with van der Waals surface area (Å²) in [7, 11) is 0. The summed E-state index contributed by atoms with van der Waals surface area (Å²) in [4.78, 5) is 27.7. The first kappa shape index (κ1) is 18.4. The van der Waals surface area contributed by atoms with Crippen LogP contribution in [-0.2, 0) is 9.59 Å². The normalized spacial score (nSPS) is 12.8. The Morgan fingerprint density at radius 3 is 2.54 bits per heavy atom. The largest absolute Gasteiger partial charge is 0.345 e. The van der Waals surface area contributed by atoms with Crippen molar-refractivity contribution in [3.63, 3.8) is 0 Å². The second-order valence-electron chi connectivity index (χ2n) is 5.72. The zero-order valence-corrected chi connectivity index (χ0v) is 14.4. The number of rotatable bonds is 7. The number of halogens is 2. The number of nitrogens with zero attached hydrogens (tertiary/aromatic N) is 2. The minimum Gasteiger partial charge on any atom is -0.345 e. The van der Waals surface area contributed by atoms with Crippen LogP contribution in [0.1, 0.15) is 27.3 Å². The molecule has 2 aromatic rings. The van der Waals surface area contributed by atoms with Crippen molar-refractivity contribution in [3.05, 3.63) is 24.3 Å². The summed E-state index contributed by atoms with van der Waals surface area (Å²) < 4.78 is 27.4. The van der Waals surface area contributed by atoms with E-state index in [1.807, 2.05) is 13.8 Å². The molecule has 130 valence electrons. The van der Waals surface area contributed by atoms with Gasteiger partial charge in [-0.15, -0.1) is 0 Å². The van der Waals surface area contributed by atoms with Crippen molar-refractivity contribution in [2.45, 2.75) is 38.5 Å². The highest BCUT2D eigenvalue weighted by atomic mass is 32.2. The SMILES string of the molecule is CC(=O)C(NC(=O)CSc1nc2ccccc2n1C(F)F)C(C)C. The third-order valence-electron chi connectivity index (χ3n) is 3.51. The van der Waals surface area contributed by atoms with Crippen molar-refractivity contribution in [1.82, 2.24) is 14.9 Å². The topological polar surface area (TPSA) is 64.0 Å². The van der Waals surface area contributed by atoms with Crippen LogP contribution in [0.5, 0.6) is 0 Å². The number of thioether (sulfide) groups is 1. The Balaban J connectivity index is 2.12. The zero-order chi connectivity index (χ0) is 17.9. The highest BCUT2D eigenvalue weighted by Crippen LogP contribution is 2.29. The maximum Gasteiger partial charge on any atom is 0.321 e. The van der Waals surface area contributed by atoms with Gasteiger partial charge in [0.15, 0.2) is 10.9 Å². The van der Waals surface area contributed by atoms with Gasteiger partial charge in [0.2, 0.25) is 5.91 Å². The Labute approximate surface area is 142 Å². The highest BCUT2D eigenvalue weighted by molar-refractivity contribution is 7.99. The molecule has 0 saturated heterocycles. The Morgan fingerprint density at radius 1 is 1.29 bits per heavy atom. The predicted octanol–water partition coefficient (Wildman–Crippen LogP) is 3.25. The fraction of sp³-hybridized carbons (Fsp3) is 0.438. The molecule has 2 rings (SSSR count). The van der Waals surface area contributed by atoms with Crippen LogP contribution in [0.25, 0.3) is 11.0 Å². The molecule has 24 heavy (non-hydrogen) atoms. The van der Waals surface area contributed by atoms with Gasteiger partial charge in [0.05, 0.1) is 22.8 Å². The lowest BCUT2D eigenvalue weighted by Crippen LogP contribution is -2.44. The van der Waals surface area contributed by atoms with Gasteiger partial charge in [-0.2, -0.15) is 8.78 Å². The Hall–Kier alpha value is -1.96. The van der Waals surface area contributed by atoms with E-state index in [9.17, 15) is 18.4 Å². The van der Waals surface area contributed by atoms with Gasteiger partial charge < -0.3 is 5.32 Å². The number of Topliss-reactive ketones (excluding diaryl/α,β-unsaturated/α-hetero) is 1. The van der Waals surface area contributed by atoms with Crippen molar-refractivity contribution >= 4 is 34.5 Å². The Kier molecular flexibility index (Phi) is 5.93. The monoisotopic (exact) mass is 355 g/mol. The first-order valence-electron chi connectivity index (χ1n) is 7.49. The van der Waals surface area contributed by atoms with E-state index in [0.29, 0.717) is 11.0 Å². The van der Waals surface area contributed by atoms with Gasteiger partial charge >= 0.3 is 6.55 Å². The summed E-state index contributed by atoms with van der Waals surface area (Å²) in [6, 6.07) is 6.00. The lowest BCUT2D eigenvalue weighted by Gasteiger charge is -2.19. The number of amides is 1. The fourth-order valence-corrected chi connectivity index (χ4v) is 3.22. The first-order valence-corrected chi connectivity index (χ1v) is 8.47. The zero-order valence-electron chi connectivity index (χ0n) is 13.6. The van der Waals surface area contributed by atoms with Crippen LogP contribution in [0.3, 0.4) is 0 Å². The molecule has 1 amide bonds. The van der Waals surface area contributed by atoms with Gasteiger partial charge in [-0.1, -0.05) is 37.7 Å². The summed E-state index contributed by atoms with van der Waals surface area (Å²) >= 11 is 0.923. The summed E-state index contributed by atoms with van der Waals surface area (Å²) in [6.07, 6.45) is 0. The standard InChI is InChI=1S/C16H19F2N3O2S/c1-9(2)14(10(3)22)20-13(23)8-24-16-19-11-6-4-5-7-12(11)21(16)15(17)18/h4-7,9,14-15H,8H2,1-3H3,(H,20,23). The minimum absolute atomic E-state index is 0.0397. The van der Waals surface area contributed by atoms with Gasteiger partial charge in [-0.05, 0) is 25.0 Å². The molecule has 1 unspecified atom stereocenters. The highest BCUT2D eigenvalue weighted by Gasteiger charge is 2.22. The molecule has 1 N–H and O–H groups in total. The van der Waals surface area contributed by atoms with Crippen LogP contribution in [0.15, 0.2) is 29.4 Å². The van der Waals surface area contributed by atoms with E-state index in [0.717, 1.165) is 16.3 Å². The number of hydrogen-bond donors (Lipinski definition) is 1. The third-order valence-corrected chi connectivity index (χ3v) is 4.46. The van der Waals surface area contributed by atoms with Crippen molar-refractivity contribution in [1.29, 1.82) is 0 Å². The smallest absolute Gasteiger partial charge is 0.321 e. The molecule has 0 saturated carbocycles. The quantitative estimate of drug-likeness (QED) is 0.775. The summed E-state index contributed by atoms with van der Waals surface area (Å²) in [5.41, 5.74) is 0.767. The first-order chi connectivity index (χ1) is 11.3. The molecule has 0 aliphatic heterocycles. The number of para-hydroxylation sites is 2. The average Bonchev–Trinajstić information content (AvgIpc) is 2.88. The van der Waals surface area contributed by atoms with Gasteiger partial charge in [0, 0.05) is 0 Å². The molecule has 1 aromatic heterocycles. The van der Waals surface area contributed by atoms with Crippen molar-refractivity contribution in [3.8, 4) is 0 Å². The van der Waals surface area contributed by atoms with Crippen LogP contribution >= 0.6 is 11.8 Å². The molecular formula is C16H19F2N3O2S. The van der Waals surface area contributed by atoms with Gasteiger partial charge in [-0.25, -0.2) is 4.98 Å². The molecule has 1 aromatic carbocycles. The van der Waals surface area contributed by atoms with Crippen molar-refractivity contribution in [2.75, 3.05) is 5.75 Å². The number of carbonyl (C=O) groups excluding carboxylic acids is 2. The maximum absolute atomic E-state index is 13.3. The molecule has 0 fully saturated rings. The number of alkyl halides is 2. The average molecular weight is 355 g/mol. The molecule has 0 aliphatic carbocycles. The molecular weight excluding hydrogens is 336 g/mol. The summed E-state index contributed by atoms with van der Waals surface area (Å²) in [6.45, 7) is 2.32. The molecule has 5 nitrogen and oxygen atoms in total. The van der Waals surface area contributed by atoms with Gasteiger partial charge in [0.25, 0.3) is 0 Å². The van der Waals surface area contributed by atoms with Crippen LogP contribution in [0, 0.1) is 5.92 Å². The number of imidazole rings is 1. The van der Waals surface area contributed by atoms with E-state index >= 15 is 0 Å². The van der Waals surface area contributed by atoms with Crippen LogP contribution < -0.4 is 5.32 Å². The number of ketones is 1. The number of benzene rings is 1. The number of nitrogens with one attached hydrogen (secondary N) is 1. The summed E-state index contributed by atoms with van der Waals surface area (Å²) in [5.74, 6) is -0.654. The van der Waals surface area contributed by atoms with Crippen molar-refractivity contribution in [2.24, 2.45) is 5.92 Å².